The molecule has 0 aliphatic carbocycles. The van der Waals surface area contributed by atoms with Gasteiger partial charge in [-0.2, -0.15) is 9.78 Å². The Hall–Kier alpha value is -2.73. The van der Waals surface area contributed by atoms with Gasteiger partial charge in [0.15, 0.2) is 0 Å². The fraction of sp³-hybridized carbons (Fsp3) is 0. The van der Waals surface area contributed by atoms with Crippen molar-refractivity contribution in [2.24, 2.45) is 0 Å². The summed E-state index contributed by atoms with van der Waals surface area (Å²) >= 11 is 5.73. The van der Waals surface area contributed by atoms with Gasteiger partial charge in [-0.3, -0.25) is 14.8 Å². The highest BCUT2D eigenvalue weighted by Crippen LogP contribution is 2.11. The highest BCUT2D eigenvalue weighted by Gasteiger charge is 2.07. The van der Waals surface area contributed by atoms with E-state index in [0.717, 1.165) is 0 Å². The second-order valence-electron chi connectivity index (χ2n) is 3.86. The normalized spacial score (nSPS) is 9.57. The lowest BCUT2D eigenvalue weighted by Crippen LogP contribution is -2.22. The third-order valence-corrected chi connectivity index (χ3v) is 2.80. The number of nitrogen functional groups attached to an aromatic ring is 1. The zero-order valence-electron chi connectivity index (χ0n) is 10.9. The summed E-state index contributed by atoms with van der Waals surface area (Å²) in [5, 5.41) is 3.90. The van der Waals surface area contributed by atoms with Crippen molar-refractivity contribution in [3.05, 3.63) is 76.7 Å². The van der Waals surface area contributed by atoms with E-state index < -0.39 is 5.56 Å². The van der Waals surface area contributed by atoms with Crippen LogP contribution in [0.3, 0.4) is 0 Å². The average Bonchev–Trinajstić information content (AvgIpc) is 2.56. The van der Waals surface area contributed by atoms with Crippen molar-refractivity contribution in [2.75, 3.05) is 5.73 Å². The van der Waals surface area contributed by atoms with Crippen LogP contribution in [-0.2, 0) is 0 Å². The first kappa shape index (κ1) is 14.7. The van der Waals surface area contributed by atoms with E-state index in [-0.39, 0.29) is 10.7 Å². The number of benzene rings is 1. The Morgan fingerprint density at radius 3 is 2.10 bits per heavy atom. The Labute approximate surface area is 125 Å². The van der Waals surface area contributed by atoms with Crippen LogP contribution in [-0.4, -0.2) is 19.7 Å². The van der Waals surface area contributed by atoms with Crippen LogP contribution in [0.5, 0.6) is 0 Å². The Balaban J connectivity index is 0.000000225. The van der Waals surface area contributed by atoms with Crippen LogP contribution in [0.2, 0.25) is 5.02 Å². The molecule has 0 aliphatic rings. The number of aromatic nitrogens is 4. The van der Waals surface area contributed by atoms with E-state index in [2.05, 4.69) is 15.1 Å². The van der Waals surface area contributed by atoms with Gasteiger partial charge in [-0.25, -0.2) is 0 Å². The molecule has 3 rings (SSSR count). The van der Waals surface area contributed by atoms with Gasteiger partial charge in [0.2, 0.25) is 0 Å². The first-order valence-electron chi connectivity index (χ1n) is 5.99. The topological polar surface area (TPSA) is 86.7 Å². The van der Waals surface area contributed by atoms with Gasteiger partial charge in [-0.05, 0) is 12.1 Å². The van der Waals surface area contributed by atoms with Crippen LogP contribution in [0.1, 0.15) is 0 Å². The van der Waals surface area contributed by atoms with Gasteiger partial charge in [0.25, 0.3) is 5.56 Å². The lowest BCUT2D eigenvalue weighted by molar-refractivity contribution is 0.809. The summed E-state index contributed by atoms with van der Waals surface area (Å²) < 4.78 is 1.21. The average molecular weight is 302 g/mol. The molecule has 0 spiro atoms. The van der Waals surface area contributed by atoms with Crippen molar-refractivity contribution in [3.63, 3.8) is 0 Å². The van der Waals surface area contributed by atoms with Crippen molar-refractivity contribution in [1.29, 1.82) is 0 Å². The van der Waals surface area contributed by atoms with Gasteiger partial charge >= 0.3 is 0 Å². The second-order valence-corrected chi connectivity index (χ2v) is 4.24. The molecule has 0 amide bonds. The minimum absolute atomic E-state index is 0.00569. The minimum atomic E-state index is -0.414. The third-order valence-electron chi connectivity index (χ3n) is 2.42. The number of hydrogen-bond acceptors (Lipinski definition) is 5. The Morgan fingerprint density at radius 1 is 1.00 bits per heavy atom. The molecule has 3 aromatic rings. The third kappa shape index (κ3) is 3.87. The van der Waals surface area contributed by atoms with Crippen molar-refractivity contribution in [3.8, 4) is 5.69 Å². The van der Waals surface area contributed by atoms with Crippen LogP contribution in [0.4, 0.5) is 5.69 Å². The zero-order chi connectivity index (χ0) is 15.1. The largest absolute Gasteiger partial charge is 0.396 e. The van der Waals surface area contributed by atoms with Crippen molar-refractivity contribution >= 4 is 17.3 Å². The van der Waals surface area contributed by atoms with E-state index >= 15 is 0 Å². The summed E-state index contributed by atoms with van der Waals surface area (Å²) in [6.07, 6.45) is 7.91. The van der Waals surface area contributed by atoms with E-state index in [0.29, 0.717) is 5.69 Å². The SMILES string of the molecule is Nc1cnn(-c2ccccc2)c(=O)c1Cl.c1cnccn1. The molecule has 7 heteroatoms. The van der Waals surface area contributed by atoms with Crippen molar-refractivity contribution in [1.82, 2.24) is 19.7 Å². The Morgan fingerprint density at radius 2 is 1.57 bits per heavy atom. The summed E-state index contributed by atoms with van der Waals surface area (Å²) in [7, 11) is 0. The second kappa shape index (κ2) is 7.16. The summed E-state index contributed by atoms with van der Waals surface area (Å²) in [6.45, 7) is 0. The molecule has 0 radical (unpaired) electrons. The van der Waals surface area contributed by atoms with Crippen LogP contribution < -0.4 is 11.3 Å². The van der Waals surface area contributed by atoms with Crippen LogP contribution in [0.25, 0.3) is 5.69 Å². The maximum atomic E-state index is 11.7. The fourth-order valence-electron chi connectivity index (χ4n) is 1.45. The first-order valence-corrected chi connectivity index (χ1v) is 6.36. The fourth-order valence-corrected chi connectivity index (χ4v) is 1.58. The lowest BCUT2D eigenvalue weighted by atomic mass is 10.3. The van der Waals surface area contributed by atoms with E-state index in [4.69, 9.17) is 17.3 Å². The van der Waals surface area contributed by atoms with Gasteiger partial charge < -0.3 is 5.73 Å². The summed E-state index contributed by atoms with van der Waals surface area (Å²) in [4.78, 5) is 19.1. The van der Waals surface area contributed by atoms with Crippen molar-refractivity contribution in [2.45, 2.75) is 0 Å². The predicted molar refractivity (Wildman–Crippen MR) is 81.3 cm³/mol. The highest BCUT2D eigenvalue weighted by atomic mass is 35.5. The molecule has 0 atom stereocenters. The number of para-hydroxylation sites is 1. The predicted octanol–water partition coefficient (Wildman–Crippen LogP) is 1.94. The Kier molecular flexibility index (Phi) is 5.00. The van der Waals surface area contributed by atoms with Crippen LogP contribution in [0, 0.1) is 0 Å². The van der Waals surface area contributed by atoms with Gasteiger partial charge in [0, 0.05) is 24.8 Å². The molecule has 6 nitrogen and oxygen atoms in total. The molecule has 0 fully saturated rings. The maximum absolute atomic E-state index is 11.7. The summed E-state index contributed by atoms with van der Waals surface area (Å²) in [6, 6.07) is 9.01. The molecular formula is C14H12ClN5O. The van der Waals surface area contributed by atoms with Gasteiger partial charge in [0.05, 0.1) is 17.6 Å². The molecule has 0 saturated heterocycles. The van der Waals surface area contributed by atoms with E-state index in [1.54, 1.807) is 36.9 Å². The lowest BCUT2D eigenvalue weighted by Gasteiger charge is -2.04. The van der Waals surface area contributed by atoms with E-state index in [1.807, 2.05) is 18.2 Å². The van der Waals surface area contributed by atoms with Crippen molar-refractivity contribution < 1.29 is 0 Å². The Bertz CT molecular complexity index is 720. The number of nitrogens with zero attached hydrogens (tertiary/aromatic N) is 4. The van der Waals surface area contributed by atoms with Crippen LogP contribution >= 0.6 is 11.6 Å². The number of nitrogens with two attached hydrogens (primary N) is 1. The molecule has 106 valence electrons. The number of halogens is 1. The number of hydrogen-bond donors (Lipinski definition) is 1. The molecule has 0 aliphatic heterocycles. The highest BCUT2D eigenvalue weighted by molar-refractivity contribution is 6.32. The van der Waals surface area contributed by atoms with Crippen LogP contribution in [0.15, 0.2) is 66.1 Å². The smallest absolute Gasteiger partial charge is 0.292 e. The van der Waals surface area contributed by atoms with E-state index in [9.17, 15) is 4.79 Å². The molecule has 0 bridgehead atoms. The minimum Gasteiger partial charge on any atom is -0.396 e. The first-order chi connectivity index (χ1) is 10.2. The van der Waals surface area contributed by atoms with Gasteiger partial charge in [-0.1, -0.05) is 29.8 Å². The molecule has 21 heavy (non-hydrogen) atoms. The van der Waals surface area contributed by atoms with Gasteiger partial charge in [0.1, 0.15) is 5.02 Å². The molecular weight excluding hydrogens is 290 g/mol. The molecule has 1 aromatic carbocycles. The monoisotopic (exact) mass is 301 g/mol. The molecule has 0 unspecified atom stereocenters. The molecule has 0 saturated carbocycles. The summed E-state index contributed by atoms with van der Waals surface area (Å²) in [5.41, 5.74) is 5.89. The molecule has 2 aromatic heterocycles. The summed E-state index contributed by atoms with van der Waals surface area (Å²) in [5.74, 6) is 0. The number of anilines is 1. The standard InChI is InChI=1S/C10H8ClN3O.C4H4N2/c11-9-8(12)6-13-14(10(9)15)7-4-2-1-3-5-7;1-2-6-4-3-5-1/h1-6H,12H2;1-4H. The number of rotatable bonds is 1. The zero-order valence-corrected chi connectivity index (χ0v) is 11.7. The maximum Gasteiger partial charge on any atom is 0.292 e. The molecule has 2 N–H and O–H groups in total. The molecule has 2 heterocycles. The van der Waals surface area contributed by atoms with Gasteiger partial charge in [-0.15, -0.1) is 0 Å². The quantitative estimate of drug-likeness (QED) is 0.742. The van der Waals surface area contributed by atoms with E-state index in [1.165, 1.54) is 10.9 Å².